The Bertz CT molecular complexity index is 1040. The Morgan fingerprint density at radius 2 is 1.73 bits per heavy atom. The minimum Gasteiger partial charge on any atom is -0.467 e. The number of nitrogens with zero attached hydrogens (tertiary/aromatic N) is 1. The maximum atomic E-state index is 13.0. The number of hydrogen-bond acceptors (Lipinski definition) is 5. The number of esters is 1. The molecule has 172 valence electrons. The predicted octanol–water partition coefficient (Wildman–Crippen LogP) is 4.86. The van der Waals surface area contributed by atoms with Crippen molar-refractivity contribution in [1.82, 2.24) is 4.90 Å². The number of ether oxygens (including phenoxy) is 3. The van der Waals surface area contributed by atoms with Gasteiger partial charge in [-0.3, -0.25) is 4.90 Å². The lowest BCUT2D eigenvalue weighted by atomic mass is 9.89. The molecule has 0 unspecified atom stereocenters. The molecular weight excluding hydrogens is 418 g/mol. The number of hydrogen-bond donors (Lipinski definition) is 0. The van der Waals surface area contributed by atoms with Crippen molar-refractivity contribution in [2.24, 2.45) is 0 Å². The molecule has 6 nitrogen and oxygen atoms in total. The van der Waals surface area contributed by atoms with Crippen LogP contribution in [-0.2, 0) is 24.6 Å². The van der Waals surface area contributed by atoms with Crippen molar-refractivity contribution >= 4 is 12.1 Å². The molecule has 0 radical (unpaired) electrons. The van der Waals surface area contributed by atoms with E-state index in [2.05, 4.69) is 24.3 Å². The zero-order chi connectivity index (χ0) is 23.3. The lowest BCUT2D eigenvalue weighted by molar-refractivity contribution is -0.145. The Labute approximate surface area is 194 Å². The first kappa shape index (κ1) is 22.8. The van der Waals surface area contributed by atoms with Gasteiger partial charge >= 0.3 is 12.1 Å². The number of allylic oxidation sites excluding steroid dienone is 2. The second-order valence-electron chi connectivity index (χ2n) is 8.33. The lowest BCUT2D eigenvalue weighted by Gasteiger charge is -2.28. The van der Waals surface area contributed by atoms with Gasteiger partial charge in [0.05, 0.1) is 13.7 Å². The number of rotatable bonds is 6. The quantitative estimate of drug-likeness (QED) is 0.592. The van der Waals surface area contributed by atoms with Crippen LogP contribution in [-0.4, -0.2) is 50.4 Å². The Morgan fingerprint density at radius 3 is 2.36 bits per heavy atom. The van der Waals surface area contributed by atoms with Crippen LogP contribution in [0, 0.1) is 0 Å². The van der Waals surface area contributed by atoms with E-state index in [-0.39, 0.29) is 13.2 Å². The number of carbonyl (C=O) groups is 2. The van der Waals surface area contributed by atoms with Crippen molar-refractivity contribution in [3.8, 4) is 11.1 Å². The number of amides is 1. The standard InChI is InChI=1S/C27H29NO5/c1-31-25(29)24-17-27(32-2,19-28(24)26(30)33-18-20-9-5-3-6-10-20)23-15-13-22(14-16-23)21-11-7-4-8-12-21/h4-5,7-16,24H,3,6,17-19H2,1-2H3/t24-,27-/m0/s1. The molecule has 2 aromatic rings. The van der Waals surface area contributed by atoms with Gasteiger partial charge < -0.3 is 14.2 Å². The van der Waals surface area contributed by atoms with Gasteiger partial charge in [-0.2, -0.15) is 0 Å². The van der Waals surface area contributed by atoms with Gasteiger partial charge in [0.1, 0.15) is 18.2 Å². The summed E-state index contributed by atoms with van der Waals surface area (Å²) in [6, 6.07) is 17.4. The molecule has 2 aliphatic rings. The van der Waals surface area contributed by atoms with Gasteiger partial charge in [-0.05, 0) is 35.1 Å². The van der Waals surface area contributed by atoms with Crippen LogP contribution in [0.2, 0.25) is 0 Å². The number of methoxy groups -OCH3 is 2. The molecule has 0 aromatic heterocycles. The van der Waals surface area contributed by atoms with Crippen LogP contribution in [0.15, 0.2) is 78.4 Å². The fourth-order valence-corrected chi connectivity index (χ4v) is 4.49. The molecule has 6 heteroatoms. The molecular formula is C27H29NO5. The molecule has 1 fully saturated rings. The van der Waals surface area contributed by atoms with E-state index in [0.717, 1.165) is 35.1 Å². The van der Waals surface area contributed by atoms with E-state index in [1.807, 2.05) is 48.5 Å². The first-order valence-corrected chi connectivity index (χ1v) is 11.1. The van der Waals surface area contributed by atoms with Crippen LogP contribution in [0.3, 0.4) is 0 Å². The van der Waals surface area contributed by atoms with Crippen LogP contribution in [0.4, 0.5) is 4.79 Å². The third-order valence-corrected chi connectivity index (χ3v) is 6.38. The molecule has 2 aromatic carbocycles. The normalized spacial score (nSPS) is 22.1. The summed E-state index contributed by atoms with van der Waals surface area (Å²) in [6.45, 7) is 0.368. The summed E-state index contributed by atoms with van der Waals surface area (Å²) in [6.07, 6.45) is 7.75. The van der Waals surface area contributed by atoms with Gasteiger partial charge in [-0.1, -0.05) is 72.8 Å². The highest BCUT2D eigenvalue weighted by atomic mass is 16.6. The highest BCUT2D eigenvalue weighted by molar-refractivity contribution is 5.82. The first-order chi connectivity index (χ1) is 16.1. The van der Waals surface area contributed by atoms with Crippen molar-refractivity contribution < 1.29 is 23.8 Å². The molecule has 0 spiro atoms. The van der Waals surface area contributed by atoms with E-state index in [1.54, 1.807) is 7.11 Å². The summed E-state index contributed by atoms with van der Waals surface area (Å²) < 4.78 is 16.5. The van der Waals surface area contributed by atoms with E-state index in [1.165, 1.54) is 12.0 Å². The molecule has 4 rings (SSSR count). The second kappa shape index (κ2) is 10.0. The maximum absolute atomic E-state index is 13.0. The molecule has 2 atom stereocenters. The van der Waals surface area contributed by atoms with Gasteiger partial charge in [0.25, 0.3) is 0 Å². The average Bonchev–Trinajstić information content (AvgIpc) is 3.29. The minimum atomic E-state index is -0.836. The number of benzene rings is 2. The summed E-state index contributed by atoms with van der Waals surface area (Å²) in [5.41, 5.74) is 3.21. The minimum absolute atomic E-state index is 0.172. The van der Waals surface area contributed by atoms with Crippen molar-refractivity contribution in [1.29, 1.82) is 0 Å². The van der Waals surface area contributed by atoms with E-state index in [0.29, 0.717) is 6.42 Å². The molecule has 1 aliphatic heterocycles. The van der Waals surface area contributed by atoms with Gasteiger partial charge in [0.2, 0.25) is 0 Å². The van der Waals surface area contributed by atoms with Crippen molar-refractivity contribution in [3.05, 3.63) is 84.0 Å². The SMILES string of the molecule is COC(=O)[C@@H]1C[C@@](OC)(c2ccc(-c3ccccc3)cc2)CN1C(=O)OCC1=CCCC=C1. The van der Waals surface area contributed by atoms with Gasteiger partial charge in [-0.15, -0.1) is 0 Å². The molecule has 0 N–H and O–H groups in total. The monoisotopic (exact) mass is 447 g/mol. The number of carbonyl (C=O) groups excluding carboxylic acids is 2. The third kappa shape index (κ3) is 4.86. The lowest BCUT2D eigenvalue weighted by Crippen LogP contribution is -2.42. The largest absolute Gasteiger partial charge is 0.467 e. The van der Waals surface area contributed by atoms with E-state index in [4.69, 9.17) is 14.2 Å². The zero-order valence-electron chi connectivity index (χ0n) is 19.0. The number of likely N-dealkylation sites (tertiary alicyclic amines) is 1. The fraction of sp³-hybridized carbons (Fsp3) is 0.333. The summed E-state index contributed by atoms with van der Waals surface area (Å²) in [7, 11) is 2.93. The molecule has 0 saturated carbocycles. The van der Waals surface area contributed by atoms with Gasteiger partial charge in [0.15, 0.2) is 0 Å². The van der Waals surface area contributed by atoms with Crippen molar-refractivity contribution in [3.63, 3.8) is 0 Å². The summed E-state index contributed by atoms with van der Waals surface area (Å²) in [4.78, 5) is 27.0. The van der Waals surface area contributed by atoms with E-state index in [9.17, 15) is 9.59 Å². The molecule has 33 heavy (non-hydrogen) atoms. The van der Waals surface area contributed by atoms with Crippen molar-refractivity contribution in [2.75, 3.05) is 27.4 Å². The molecule has 0 bridgehead atoms. The Morgan fingerprint density at radius 1 is 1.00 bits per heavy atom. The molecule has 1 amide bonds. The van der Waals surface area contributed by atoms with E-state index < -0.39 is 23.7 Å². The average molecular weight is 448 g/mol. The van der Waals surface area contributed by atoms with Crippen molar-refractivity contribution in [2.45, 2.75) is 30.9 Å². The van der Waals surface area contributed by atoms with Crippen LogP contribution >= 0.6 is 0 Å². The maximum Gasteiger partial charge on any atom is 0.410 e. The zero-order valence-corrected chi connectivity index (χ0v) is 19.0. The summed E-state index contributed by atoms with van der Waals surface area (Å²) in [5.74, 6) is -0.483. The van der Waals surface area contributed by atoms with Crippen LogP contribution < -0.4 is 0 Å². The fourth-order valence-electron chi connectivity index (χ4n) is 4.49. The third-order valence-electron chi connectivity index (χ3n) is 6.38. The highest BCUT2D eigenvalue weighted by Gasteiger charge is 2.51. The van der Waals surface area contributed by atoms with E-state index >= 15 is 0 Å². The summed E-state index contributed by atoms with van der Waals surface area (Å²) in [5, 5.41) is 0. The highest BCUT2D eigenvalue weighted by Crippen LogP contribution is 2.40. The Kier molecular flexibility index (Phi) is 6.94. The van der Waals surface area contributed by atoms with Gasteiger partial charge in [-0.25, -0.2) is 9.59 Å². The van der Waals surface area contributed by atoms with Gasteiger partial charge in [0, 0.05) is 13.5 Å². The topological polar surface area (TPSA) is 65.1 Å². The first-order valence-electron chi connectivity index (χ1n) is 11.1. The molecule has 1 heterocycles. The second-order valence-corrected chi connectivity index (χ2v) is 8.33. The van der Waals surface area contributed by atoms with Crippen LogP contribution in [0.25, 0.3) is 11.1 Å². The predicted molar refractivity (Wildman–Crippen MR) is 125 cm³/mol. The Balaban J connectivity index is 1.55. The summed E-state index contributed by atoms with van der Waals surface area (Å²) >= 11 is 0. The molecule has 1 saturated heterocycles. The van der Waals surface area contributed by atoms with Crippen LogP contribution in [0.5, 0.6) is 0 Å². The smallest absolute Gasteiger partial charge is 0.410 e. The molecule has 1 aliphatic carbocycles. The van der Waals surface area contributed by atoms with Crippen LogP contribution in [0.1, 0.15) is 24.8 Å². The Hall–Kier alpha value is -3.38.